The molecular weight excluding hydrogens is 291 g/mol. The van der Waals surface area contributed by atoms with Crippen molar-refractivity contribution in [2.24, 2.45) is 0 Å². The van der Waals surface area contributed by atoms with E-state index in [2.05, 4.69) is 20.9 Å². The van der Waals surface area contributed by atoms with Gasteiger partial charge in [-0.05, 0) is 46.3 Å². The minimum atomic E-state index is 0.380. The fraction of sp³-hybridized carbons (Fsp3) is 0. The van der Waals surface area contributed by atoms with Crippen LogP contribution in [0.4, 0.5) is 5.69 Å². The molecule has 1 heterocycles. The van der Waals surface area contributed by atoms with Gasteiger partial charge in [0.2, 0.25) is 5.88 Å². The Hall–Kier alpha value is -1.26. The van der Waals surface area contributed by atoms with E-state index in [1.54, 1.807) is 36.5 Å². The van der Waals surface area contributed by atoms with E-state index in [4.69, 9.17) is 22.1 Å². The second kappa shape index (κ2) is 4.72. The summed E-state index contributed by atoms with van der Waals surface area (Å²) >= 11 is 9.04. The van der Waals surface area contributed by atoms with Crippen molar-refractivity contribution in [3.8, 4) is 11.6 Å². The first-order valence-corrected chi connectivity index (χ1v) is 5.67. The lowest BCUT2D eigenvalue weighted by Crippen LogP contribution is -1.94. The van der Waals surface area contributed by atoms with Crippen molar-refractivity contribution < 1.29 is 4.74 Å². The number of benzene rings is 1. The Labute approximate surface area is 106 Å². The number of aromatic nitrogens is 1. The van der Waals surface area contributed by atoms with E-state index in [1.807, 2.05) is 0 Å². The van der Waals surface area contributed by atoms with E-state index in [0.29, 0.717) is 22.3 Å². The fourth-order valence-corrected chi connectivity index (χ4v) is 1.62. The molecule has 0 spiro atoms. The minimum Gasteiger partial charge on any atom is -0.437 e. The Morgan fingerprint density at radius 3 is 2.56 bits per heavy atom. The zero-order chi connectivity index (χ0) is 11.5. The summed E-state index contributed by atoms with van der Waals surface area (Å²) in [6.45, 7) is 0. The Bertz CT molecular complexity index is 502. The Balaban J connectivity index is 2.23. The summed E-state index contributed by atoms with van der Waals surface area (Å²) < 4.78 is 6.32. The summed E-state index contributed by atoms with van der Waals surface area (Å²) in [6.07, 6.45) is 1.63. The molecule has 82 valence electrons. The number of anilines is 1. The molecule has 0 bridgehead atoms. The highest BCUT2D eigenvalue weighted by atomic mass is 79.9. The molecule has 5 heteroatoms. The van der Waals surface area contributed by atoms with E-state index in [9.17, 15) is 0 Å². The molecule has 0 aliphatic rings. The van der Waals surface area contributed by atoms with E-state index in [1.165, 1.54) is 0 Å². The molecule has 0 fully saturated rings. The van der Waals surface area contributed by atoms with Crippen LogP contribution in [0.2, 0.25) is 5.02 Å². The van der Waals surface area contributed by atoms with Crippen LogP contribution in [-0.4, -0.2) is 4.98 Å². The van der Waals surface area contributed by atoms with Gasteiger partial charge in [0.25, 0.3) is 0 Å². The number of ether oxygens (including phenoxy) is 1. The predicted molar refractivity (Wildman–Crippen MR) is 67.9 cm³/mol. The maximum Gasteiger partial charge on any atom is 0.242 e. The number of hydrogen-bond acceptors (Lipinski definition) is 3. The summed E-state index contributed by atoms with van der Waals surface area (Å²) in [6, 6.07) is 8.73. The smallest absolute Gasteiger partial charge is 0.242 e. The maximum absolute atomic E-state index is 5.76. The summed E-state index contributed by atoms with van der Waals surface area (Å²) in [5, 5.41) is 0.657. The van der Waals surface area contributed by atoms with Crippen LogP contribution in [0.15, 0.2) is 41.0 Å². The molecule has 1 aromatic heterocycles. The van der Waals surface area contributed by atoms with Crippen molar-refractivity contribution >= 4 is 33.2 Å². The van der Waals surface area contributed by atoms with E-state index >= 15 is 0 Å². The molecule has 0 radical (unpaired) electrons. The summed E-state index contributed by atoms with van der Waals surface area (Å²) in [4.78, 5) is 4.07. The van der Waals surface area contributed by atoms with Gasteiger partial charge in [-0.2, -0.15) is 0 Å². The van der Waals surface area contributed by atoms with Gasteiger partial charge in [-0.25, -0.2) is 4.98 Å². The molecule has 0 aliphatic heterocycles. The zero-order valence-electron chi connectivity index (χ0n) is 8.15. The quantitative estimate of drug-likeness (QED) is 0.915. The van der Waals surface area contributed by atoms with Gasteiger partial charge in [-0.3, -0.25) is 0 Å². The normalized spacial score (nSPS) is 10.1. The van der Waals surface area contributed by atoms with E-state index < -0.39 is 0 Å². The lowest BCUT2D eigenvalue weighted by atomic mass is 10.3. The Kier molecular flexibility index (Phi) is 3.31. The first-order chi connectivity index (χ1) is 7.65. The topological polar surface area (TPSA) is 48.1 Å². The molecule has 0 amide bonds. The number of nitrogen functional groups attached to an aromatic ring is 1. The molecule has 3 nitrogen and oxygen atoms in total. The largest absolute Gasteiger partial charge is 0.437 e. The Morgan fingerprint density at radius 2 is 1.94 bits per heavy atom. The second-order valence-electron chi connectivity index (χ2n) is 3.10. The highest BCUT2D eigenvalue weighted by Gasteiger charge is 2.04. The van der Waals surface area contributed by atoms with Gasteiger partial charge in [0.1, 0.15) is 5.75 Å². The molecule has 2 N–H and O–H groups in total. The maximum atomic E-state index is 5.76. The molecule has 2 aromatic rings. The molecule has 16 heavy (non-hydrogen) atoms. The van der Waals surface area contributed by atoms with Crippen LogP contribution in [0.5, 0.6) is 11.6 Å². The molecule has 0 saturated carbocycles. The third kappa shape index (κ3) is 2.65. The van der Waals surface area contributed by atoms with Crippen molar-refractivity contribution in [2.45, 2.75) is 0 Å². The van der Waals surface area contributed by atoms with Gasteiger partial charge in [0.05, 0.1) is 5.69 Å². The highest BCUT2D eigenvalue weighted by molar-refractivity contribution is 9.10. The highest BCUT2D eigenvalue weighted by Crippen LogP contribution is 2.27. The molecular formula is C11H8BrClN2O. The van der Waals surface area contributed by atoms with Crippen LogP contribution >= 0.6 is 27.5 Å². The molecule has 0 saturated heterocycles. The zero-order valence-corrected chi connectivity index (χ0v) is 10.5. The lowest BCUT2D eigenvalue weighted by molar-refractivity contribution is 0.465. The molecule has 0 atom stereocenters. The van der Waals surface area contributed by atoms with Crippen LogP contribution in [0.25, 0.3) is 0 Å². The van der Waals surface area contributed by atoms with Crippen LogP contribution in [0.1, 0.15) is 0 Å². The third-order valence-electron chi connectivity index (χ3n) is 1.87. The second-order valence-corrected chi connectivity index (χ2v) is 4.46. The number of nitrogens with two attached hydrogens (primary N) is 1. The minimum absolute atomic E-state index is 0.380. The van der Waals surface area contributed by atoms with Crippen molar-refractivity contribution in [3.05, 3.63) is 46.0 Å². The van der Waals surface area contributed by atoms with Crippen LogP contribution in [0, 0.1) is 0 Å². The van der Waals surface area contributed by atoms with Gasteiger partial charge >= 0.3 is 0 Å². The molecule has 1 aromatic carbocycles. The first-order valence-electron chi connectivity index (χ1n) is 4.49. The van der Waals surface area contributed by atoms with Gasteiger partial charge in [-0.15, -0.1) is 0 Å². The standard InChI is InChI=1S/C11H8BrClN2O/c12-7-5-10(14)11(15-6-7)16-9-3-1-8(13)2-4-9/h1-6H,14H2. The van der Waals surface area contributed by atoms with E-state index in [-0.39, 0.29) is 0 Å². The van der Waals surface area contributed by atoms with Gasteiger partial charge in [0, 0.05) is 15.7 Å². The van der Waals surface area contributed by atoms with Crippen LogP contribution < -0.4 is 10.5 Å². The van der Waals surface area contributed by atoms with Crippen molar-refractivity contribution in [3.63, 3.8) is 0 Å². The summed E-state index contributed by atoms with van der Waals surface area (Å²) in [5.74, 6) is 1.02. The van der Waals surface area contributed by atoms with Crippen molar-refractivity contribution in [2.75, 3.05) is 5.73 Å². The number of nitrogens with zero attached hydrogens (tertiary/aromatic N) is 1. The molecule has 2 rings (SSSR count). The first kappa shape index (κ1) is 11.2. The number of pyridine rings is 1. The fourth-order valence-electron chi connectivity index (χ4n) is 1.14. The molecule has 0 unspecified atom stereocenters. The monoisotopic (exact) mass is 298 g/mol. The summed E-state index contributed by atoms with van der Waals surface area (Å²) in [5.41, 5.74) is 6.23. The average Bonchev–Trinajstić information content (AvgIpc) is 2.25. The average molecular weight is 300 g/mol. The number of halogens is 2. The van der Waals surface area contributed by atoms with Gasteiger partial charge in [-0.1, -0.05) is 11.6 Å². The van der Waals surface area contributed by atoms with E-state index in [0.717, 1.165) is 4.47 Å². The van der Waals surface area contributed by atoms with Gasteiger partial charge < -0.3 is 10.5 Å². The molecule has 0 aliphatic carbocycles. The van der Waals surface area contributed by atoms with Crippen molar-refractivity contribution in [1.82, 2.24) is 4.98 Å². The van der Waals surface area contributed by atoms with Crippen molar-refractivity contribution in [1.29, 1.82) is 0 Å². The lowest BCUT2D eigenvalue weighted by Gasteiger charge is -2.07. The van der Waals surface area contributed by atoms with Crippen LogP contribution in [0.3, 0.4) is 0 Å². The number of hydrogen-bond donors (Lipinski definition) is 1. The number of rotatable bonds is 2. The predicted octanol–water partition coefficient (Wildman–Crippen LogP) is 3.87. The van der Waals surface area contributed by atoms with Gasteiger partial charge in [0.15, 0.2) is 0 Å². The Morgan fingerprint density at radius 1 is 1.25 bits per heavy atom. The summed E-state index contributed by atoms with van der Waals surface area (Å²) in [7, 11) is 0. The SMILES string of the molecule is Nc1cc(Br)cnc1Oc1ccc(Cl)cc1. The van der Waals surface area contributed by atoms with Crippen LogP contribution in [-0.2, 0) is 0 Å². The third-order valence-corrected chi connectivity index (χ3v) is 2.56.